The van der Waals surface area contributed by atoms with Crippen molar-refractivity contribution in [2.75, 3.05) is 12.0 Å². The Balaban J connectivity index is 1.99. The van der Waals surface area contributed by atoms with Crippen LogP contribution in [-0.2, 0) is 14.6 Å². The molecule has 8 heteroatoms. The molecule has 2 unspecified atom stereocenters. The second-order valence-electron chi connectivity index (χ2n) is 6.36. The molecule has 0 spiro atoms. The first-order valence-corrected chi connectivity index (χ1v) is 10.5. The van der Waals surface area contributed by atoms with Crippen LogP contribution in [0.2, 0.25) is 0 Å². The summed E-state index contributed by atoms with van der Waals surface area (Å²) in [6.45, 7) is 1.69. The second kappa shape index (κ2) is 8.96. The number of sulfone groups is 1. The molecular formula is C19H23FN2O4S. The molecule has 2 rings (SSSR count). The van der Waals surface area contributed by atoms with Gasteiger partial charge in [0.2, 0.25) is 5.91 Å². The minimum atomic E-state index is -3.19. The zero-order chi connectivity index (χ0) is 20.0. The zero-order valence-corrected chi connectivity index (χ0v) is 16.0. The molecule has 1 amide bonds. The Kier molecular flexibility index (Phi) is 6.92. The van der Waals surface area contributed by atoms with E-state index < -0.39 is 33.6 Å². The molecule has 27 heavy (non-hydrogen) atoms. The molecule has 0 aromatic heterocycles. The molecule has 0 aliphatic heterocycles. The lowest BCUT2D eigenvalue weighted by Crippen LogP contribution is -2.42. The van der Waals surface area contributed by atoms with Crippen LogP contribution in [0.15, 0.2) is 48.5 Å². The smallest absolute Gasteiger partial charge is 0.237 e. The summed E-state index contributed by atoms with van der Waals surface area (Å²) in [6.07, 6.45) is 1.11. The summed E-state index contributed by atoms with van der Waals surface area (Å²) < 4.78 is 42.1. The number of carbonyl (C=O) groups is 1. The van der Waals surface area contributed by atoms with E-state index in [-0.39, 0.29) is 17.9 Å². The molecule has 0 heterocycles. The Morgan fingerprint density at radius 2 is 1.89 bits per heavy atom. The number of hydrogen-bond acceptors (Lipinski definition) is 5. The first-order valence-electron chi connectivity index (χ1n) is 8.42. The van der Waals surface area contributed by atoms with Crippen LogP contribution in [0.1, 0.15) is 24.9 Å². The van der Waals surface area contributed by atoms with Gasteiger partial charge in [0.1, 0.15) is 15.6 Å². The maximum Gasteiger partial charge on any atom is 0.237 e. The van der Waals surface area contributed by atoms with Gasteiger partial charge in [0.05, 0.1) is 17.8 Å². The van der Waals surface area contributed by atoms with Crippen molar-refractivity contribution in [1.29, 1.82) is 0 Å². The molecule has 0 aliphatic carbocycles. The van der Waals surface area contributed by atoms with Crippen LogP contribution in [0.4, 0.5) is 4.39 Å². The number of halogens is 1. The first kappa shape index (κ1) is 20.9. The Morgan fingerprint density at radius 1 is 1.22 bits per heavy atom. The molecule has 2 atom stereocenters. The second-order valence-corrected chi connectivity index (χ2v) is 8.62. The normalized spacial score (nSPS) is 13.6. The van der Waals surface area contributed by atoms with Crippen LogP contribution < -0.4 is 15.8 Å². The van der Waals surface area contributed by atoms with Gasteiger partial charge in [-0.3, -0.25) is 4.79 Å². The number of rotatable bonds is 8. The molecule has 0 bridgehead atoms. The minimum Gasteiger partial charge on any atom is -0.454 e. The van der Waals surface area contributed by atoms with Crippen molar-refractivity contribution in [3.05, 3.63) is 59.9 Å². The summed E-state index contributed by atoms with van der Waals surface area (Å²) in [4.78, 5) is 12.1. The van der Waals surface area contributed by atoms with Gasteiger partial charge in [0, 0.05) is 6.26 Å². The molecule has 0 aliphatic rings. The number of nitrogens with one attached hydrogen (secondary N) is 1. The molecule has 0 saturated heterocycles. The van der Waals surface area contributed by atoms with E-state index in [1.807, 2.05) is 6.07 Å². The quantitative estimate of drug-likeness (QED) is 0.717. The van der Waals surface area contributed by atoms with E-state index in [9.17, 15) is 17.6 Å². The largest absolute Gasteiger partial charge is 0.454 e. The number of amides is 1. The lowest BCUT2D eigenvalue weighted by Gasteiger charge is -2.18. The van der Waals surface area contributed by atoms with Crippen molar-refractivity contribution in [3.8, 4) is 11.5 Å². The Hall–Kier alpha value is -2.45. The van der Waals surface area contributed by atoms with E-state index in [1.54, 1.807) is 37.3 Å². The van der Waals surface area contributed by atoms with Gasteiger partial charge in [-0.2, -0.15) is 0 Å². The first-order chi connectivity index (χ1) is 12.7. The van der Waals surface area contributed by atoms with Crippen molar-refractivity contribution in [3.63, 3.8) is 0 Å². The lowest BCUT2D eigenvalue weighted by molar-refractivity contribution is -0.123. The van der Waals surface area contributed by atoms with Gasteiger partial charge >= 0.3 is 0 Å². The summed E-state index contributed by atoms with van der Waals surface area (Å²) in [6, 6.07) is 11.8. The molecule has 0 radical (unpaired) electrons. The average molecular weight is 394 g/mol. The Labute approximate surface area is 158 Å². The summed E-state index contributed by atoms with van der Waals surface area (Å²) in [5.74, 6) is -0.624. The van der Waals surface area contributed by atoms with Crippen molar-refractivity contribution in [2.45, 2.75) is 25.4 Å². The van der Waals surface area contributed by atoms with Gasteiger partial charge < -0.3 is 15.8 Å². The number of hydrogen-bond donors (Lipinski definition) is 2. The minimum absolute atomic E-state index is 0.0234. The van der Waals surface area contributed by atoms with Crippen LogP contribution in [0, 0.1) is 5.82 Å². The van der Waals surface area contributed by atoms with Crippen molar-refractivity contribution in [1.82, 2.24) is 5.32 Å². The van der Waals surface area contributed by atoms with Crippen molar-refractivity contribution in [2.24, 2.45) is 5.73 Å². The maximum atomic E-state index is 14.3. The lowest BCUT2D eigenvalue weighted by atomic mass is 10.1. The number of carbonyl (C=O) groups excluding carboxylic acids is 1. The number of nitrogens with two attached hydrogens (primary N) is 1. The number of ether oxygens (including phenoxy) is 1. The molecule has 0 fully saturated rings. The van der Waals surface area contributed by atoms with Gasteiger partial charge in [-0.1, -0.05) is 24.3 Å². The Bertz CT molecular complexity index is 888. The van der Waals surface area contributed by atoms with Gasteiger partial charge in [-0.25, -0.2) is 12.8 Å². The molecule has 3 N–H and O–H groups in total. The highest BCUT2D eigenvalue weighted by Gasteiger charge is 2.19. The fraction of sp³-hybridized carbons (Fsp3) is 0.316. The highest BCUT2D eigenvalue weighted by Crippen LogP contribution is 2.26. The highest BCUT2D eigenvalue weighted by molar-refractivity contribution is 7.90. The van der Waals surface area contributed by atoms with Crippen LogP contribution in [0.3, 0.4) is 0 Å². The van der Waals surface area contributed by atoms with Gasteiger partial charge in [-0.05, 0) is 43.2 Å². The number of benzene rings is 2. The van der Waals surface area contributed by atoms with E-state index in [4.69, 9.17) is 10.5 Å². The topological polar surface area (TPSA) is 98.5 Å². The van der Waals surface area contributed by atoms with Crippen LogP contribution in [-0.4, -0.2) is 32.4 Å². The van der Waals surface area contributed by atoms with Crippen molar-refractivity contribution >= 4 is 15.7 Å². The monoisotopic (exact) mass is 394 g/mol. The van der Waals surface area contributed by atoms with Crippen LogP contribution >= 0.6 is 0 Å². The number of para-hydroxylation sites is 1. The van der Waals surface area contributed by atoms with Crippen molar-refractivity contribution < 1.29 is 22.3 Å². The third-order valence-electron chi connectivity index (χ3n) is 3.92. The SMILES string of the molecule is CC(NC(=O)C(N)CCS(C)(=O)=O)c1ccc(Oc2ccccc2)c(F)c1. The molecule has 0 saturated carbocycles. The highest BCUT2D eigenvalue weighted by atomic mass is 32.2. The maximum absolute atomic E-state index is 14.3. The molecule has 2 aromatic carbocycles. The third-order valence-corrected chi connectivity index (χ3v) is 4.90. The summed E-state index contributed by atoms with van der Waals surface area (Å²) in [7, 11) is -3.19. The third kappa shape index (κ3) is 6.65. The molecule has 146 valence electrons. The van der Waals surface area contributed by atoms with E-state index in [0.29, 0.717) is 11.3 Å². The summed E-state index contributed by atoms with van der Waals surface area (Å²) in [5.41, 5.74) is 6.26. The van der Waals surface area contributed by atoms with Gasteiger partial charge in [-0.15, -0.1) is 0 Å². The fourth-order valence-electron chi connectivity index (χ4n) is 2.36. The van der Waals surface area contributed by atoms with Gasteiger partial charge in [0.25, 0.3) is 0 Å². The Morgan fingerprint density at radius 3 is 2.48 bits per heavy atom. The zero-order valence-electron chi connectivity index (χ0n) is 15.2. The summed E-state index contributed by atoms with van der Waals surface area (Å²) in [5, 5.41) is 2.66. The fourth-order valence-corrected chi connectivity index (χ4v) is 3.04. The predicted molar refractivity (Wildman–Crippen MR) is 102 cm³/mol. The molecule has 6 nitrogen and oxygen atoms in total. The van der Waals surface area contributed by atoms with Crippen LogP contribution in [0.25, 0.3) is 0 Å². The summed E-state index contributed by atoms with van der Waals surface area (Å²) >= 11 is 0. The van der Waals surface area contributed by atoms with E-state index >= 15 is 0 Å². The van der Waals surface area contributed by atoms with Gasteiger partial charge in [0.15, 0.2) is 11.6 Å². The van der Waals surface area contributed by atoms with E-state index in [0.717, 1.165) is 6.26 Å². The van der Waals surface area contributed by atoms with Crippen LogP contribution in [0.5, 0.6) is 11.5 Å². The standard InChI is InChI=1S/C19H23FN2O4S/c1-13(22-19(23)17(21)10-11-27(2,24)25)14-8-9-18(16(20)12-14)26-15-6-4-3-5-7-15/h3-9,12-13,17H,10-11,21H2,1-2H3,(H,22,23). The average Bonchev–Trinajstić information content (AvgIpc) is 2.61. The molecule has 2 aromatic rings. The van der Waals surface area contributed by atoms with E-state index in [1.165, 1.54) is 12.1 Å². The van der Waals surface area contributed by atoms with E-state index in [2.05, 4.69) is 5.32 Å². The predicted octanol–water partition coefficient (Wildman–Crippen LogP) is 2.56. The molecular weight excluding hydrogens is 371 g/mol.